The normalized spacial score (nSPS) is 18.8. The summed E-state index contributed by atoms with van der Waals surface area (Å²) >= 11 is 1.44. The number of benzene rings is 2. The molecule has 2 unspecified atom stereocenters. The molecule has 0 saturated carbocycles. The highest BCUT2D eigenvalue weighted by molar-refractivity contribution is 7.14. The van der Waals surface area contributed by atoms with Crippen molar-refractivity contribution >= 4 is 33.8 Å². The first-order valence-corrected chi connectivity index (χ1v) is 11.5. The number of morpholine rings is 1. The summed E-state index contributed by atoms with van der Waals surface area (Å²) in [5.74, 6) is 0.582. The van der Waals surface area contributed by atoms with E-state index in [2.05, 4.69) is 34.4 Å². The molecule has 0 radical (unpaired) electrons. The number of nitrogens with zero attached hydrogens (tertiary/aromatic N) is 2. The van der Waals surface area contributed by atoms with Crippen molar-refractivity contribution in [3.05, 3.63) is 65.2 Å². The van der Waals surface area contributed by atoms with E-state index in [-0.39, 0.29) is 18.1 Å². The second-order valence-corrected chi connectivity index (χ2v) is 8.81. The average molecular weight is 453 g/mol. The Morgan fingerprint density at radius 2 is 1.88 bits per heavy atom. The Balaban J connectivity index is 1.41. The molecule has 1 aliphatic rings. The molecular formula is C24H28N4O3S. The zero-order valence-electron chi connectivity index (χ0n) is 18.5. The minimum absolute atomic E-state index is 0.198. The zero-order chi connectivity index (χ0) is 22.5. The minimum Gasteiger partial charge on any atom is -0.497 e. The molecule has 1 aromatic heterocycles. The van der Waals surface area contributed by atoms with E-state index >= 15 is 0 Å². The van der Waals surface area contributed by atoms with Gasteiger partial charge in [-0.1, -0.05) is 12.1 Å². The van der Waals surface area contributed by atoms with Crippen molar-refractivity contribution in [3.63, 3.8) is 0 Å². The summed E-state index contributed by atoms with van der Waals surface area (Å²) < 4.78 is 11.0. The van der Waals surface area contributed by atoms with Crippen LogP contribution in [0, 0.1) is 0 Å². The van der Waals surface area contributed by atoms with Crippen LogP contribution in [-0.2, 0) is 11.3 Å². The molecule has 168 valence electrons. The first-order valence-electron chi connectivity index (χ1n) is 10.6. The lowest BCUT2D eigenvalue weighted by molar-refractivity contribution is -0.0707. The first kappa shape index (κ1) is 22.3. The number of aromatic nitrogens is 1. The molecule has 1 aliphatic heterocycles. The SMILES string of the molecule is COc1ccc(Nc2ccccc2C(=O)Nc2nc(CN3CC(C)OC(C)C3)cs2)cc1. The van der Waals surface area contributed by atoms with E-state index < -0.39 is 0 Å². The monoisotopic (exact) mass is 452 g/mol. The number of methoxy groups -OCH3 is 1. The number of carbonyl (C=O) groups is 1. The Kier molecular flexibility index (Phi) is 7.04. The standard InChI is InChI=1S/C24H28N4O3S/c1-16-12-28(13-17(2)31-16)14-19-15-32-24(26-19)27-23(29)21-6-4-5-7-22(21)25-18-8-10-20(30-3)11-9-18/h4-11,15-17,25H,12-14H2,1-3H3,(H,26,27,29). The van der Waals surface area contributed by atoms with Gasteiger partial charge in [0.25, 0.3) is 5.91 Å². The Morgan fingerprint density at radius 3 is 2.59 bits per heavy atom. The number of hydrogen-bond donors (Lipinski definition) is 2. The molecule has 0 bridgehead atoms. The molecule has 7 nitrogen and oxygen atoms in total. The largest absolute Gasteiger partial charge is 0.497 e. The van der Waals surface area contributed by atoms with Crippen molar-refractivity contribution in [2.75, 3.05) is 30.8 Å². The lowest BCUT2D eigenvalue weighted by atomic mass is 10.1. The van der Waals surface area contributed by atoms with Crippen molar-refractivity contribution in [1.29, 1.82) is 0 Å². The van der Waals surface area contributed by atoms with Crippen LogP contribution >= 0.6 is 11.3 Å². The van der Waals surface area contributed by atoms with Gasteiger partial charge in [-0.05, 0) is 50.2 Å². The zero-order valence-corrected chi connectivity index (χ0v) is 19.3. The van der Waals surface area contributed by atoms with Gasteiger partial charge in [-0.25, -0.2) is 4.98 Å². The van der Waals surface area contributed by atoms with Crippen LogP contribution in [0.15, 0.2) is 53.9 Å². The maximum absolute atomic E-state index is 13.0. The summed E-state index contributed by atoms with van der Waals surface area (Å²) in [5.41, 5.74) is 3.10. The van der Waals surface area contributed by atoms with Gasteiger partial charge in [0.1, 0.15) is 5.75 Å². The average Bonchev–Trinajstić information content (AvgIpc) is 3.20. The number of thiazole rings is 1. The fraction of sp³-hybridized carbons (Fsp3) is 0.333. The van der Waals surface area contributed by atoms with Gasteiger partial charge >= 0.3 is 0 Å². The third-order valence-electron chi connectivity index (χ3n) is 5.19. The molecule has 2 N–H and O–H groups in total. The van der Waals surface area contributed by atoms with Gasteiger partial charge in [-0.15, -0.1) is 11.3 Å². The van der Waals surface area contributed by atoms with Crippen molar-refractivity contribution in [3.8, 4) is 5.75 Å². The van der Waals surface area contributed by atoms with E-state index in [0.29, 0.717) is 10.7 Å². The lowest BCUT2D eigenvalue weighted by Crippen LogP contribution is -2.44. The molecular weight excluding hydrogens is 424 g/mol. The summed E-state index contributed by atoms with van der Waals surface area (Å²) in [4.78, 5) is 19.9. The molecule has 32 heavy (non-hydrogen) atoms. The van der Waals surface area contributed by atoms with Gasteiger partial charge in [-0.2, -0.15) is 0 Å². The number of para-hydroxylation sites is 1. The highest BCUT2D eigenvalue weighted by Crippen LogP contribution is 2.25. The molecule has 4 rings (SSSR count). The van der Waals surface area contributed by atoms with Gasteiger partial charge in [0.2, 0.25) is 0 Å². The summed E-state index contributed by atoms with van der Waals surface area (Å²) in [5, 5.41) is 8.85. The van der Waals surface area contributed by atoms with Crippen molar-refractivity contribution in [1.82, 2.24) is 9.88 Å². The van der Waals surface area contributed by atoms with Gasteiger partial charge < -0.3 is 14.8 Å². The van der Waals surface area contributed by atoms with Crippen molar-refractivity contribution < 1.29 is 14.3 Å². The van der Waals surface area contributed by atoms with Crippen LogP contribution in [0.2, 0.25) is 0 Å². The van der Waals surface area contributed by atoms with Crippen molar-refractivity contribution in [2.45, 2.75) is 32.6 Å². The third kappa shape index (κ3) is 5.64. The number of rotatable bonds is 7. The van der Waals surface area contributed by atoms with Crippen LogP contribution in [0.3, 0.4) is 0 Å². The highest BCUT2D eigenvalue weighted by Gasteiger charge is 2.23. The van der Waals surface area contributed by atoms with Gasteiger partial charge in [-0.3, -0.25) is 15.0 Å². The molecule has 2 heterocycles. The molecule has 1 fully saturated rings. The van der Waals surface area contributed by atoms with Gasteiger partial charge in [0.15, 0.2) is 5.13 Å². The van der Waals surface area contributed by atoms with Gasteiger partial charge in [0, 0.05) is 30.7 Å². The van der Waals surface area contributed by atoms with Crippen LogP contribution in [-0.4, -0.2) is 48.2 Å². The molecule has 1 amide bonds. The Morgan fingerprint density at radius 1 is 1.16 bits per heavy atom. The predicted molar refractivity (Wildman–Crippen MR) is 128 cm³/mol. The second-order valence-electron chi connectivity index (χ2n) is 7.95. The second kappa shape index (κ2) is 10.1. The topological polar surface area (TPSA) is 75.7 Å². The molecule has 3 aromatic rings. The number of carbonyl (C=O) groups excluding carboxylic acids is 1. The van der Waals surface area contributed by atoms with Crippen LogP contribution in [0.4, 0.5) is 16.5 Å². The number of hydrogen-bond acceptors (Lipinski definition) is 7. The fourth-order valence-electron chi connectivity index (χ4n) is 3.86. The number of anilines is 3. The summed E-state index contributed by atoms with van der Waals surface area (Å²) in [6, 6.07) is 15.0. The molecule has 1 saturated heterocycles. The van der Waals surface area contributed by atoms with E-state index in [4.69, 9.17) is 9.47 Å². The van der Waals surface area contributed by atoms with Crippen LogP contribution in [0.5, 0.6) is 5.75 Å². The fourth-order valence-corrected chi connectivity index (χ4v) is 4.56. The molecule has 0 aliphatic carbocycles. The molecule has 0 spiro atoms. The van der Waals surface area contributed by atoms with Crippen molar-refractivity contribution in [2.24, 2.45) is 0 Å². The van der Waals surface area contributed by atoms with Crippen LogP contribution in [0.25, 0.3) is 0 Å². The smallest absolute Gasteiger partial charge is 0.259 e. The minimum atomic E-state index is -0.198. The quantitative estimate of drug-likeness (QED) is 0.539. The first-order chi connectivity index (χ1) is 15.5. The maximum atomic E-state index is 13.0. The Hall–Kier alpha value is -2.94. The number of ether oxygens (including phenoxy) is 2. The third-order valence-corrected chi connectivity index (χ3v) is 6.00. The van der Waals surface area contributed by atoms with Crippen LogP contribution < -0.4 is 15.4 Å². The van der Waals surface area contributed by atoms with E-state index in [1.807, 2.05) is 47.8 Å². The Bertz CT molecular complexity index is 1040. The van der Waals surface area contributed by atoms with Crippen LogP contribution in [0.1, 0.15) is 29.9 Å². The summed E-state index contributed by atoms with van der Waals surface area (Å²) in [6.45, 7) is 6.70. The predicted octanol–water partition coefficient (Wildman–Crippen LogP) is 4.76. The van der Waals surface area contributed by atoms with E-state index in [0.717, 1.165) is 42.5 Å². The highest BCUT2D eigenvalue weighted by atomic mass is 32.1. The number of amides is 1. The van der Waals surface area contributed by atoms with E-state index in [1.54, 1.807) is 13.2 Å². The summed E-state index contributed by atoms with van der Waals surface area (Å²) in [6.07, 6.45) is 0.428. The molecule has 8 heteroatoms. The maximum Gasteiger partial charge on any atom is 0.259 e. The number of nitrogens with one attached hydrogen (secondary N) is 2. The van der Waals surface area contributed by atoms with E-state index in [1.165, 1.54) is 11.3 Å². The summed E-state index contributed by atoms with van der Waals surface area (Å²) in [7, 11) is 1.63. The molecule has 2 aromatic carbocycles. The Labute approximate surface area is 192 Å². The van der Waals surface area contributed by atoms with E-state index in [9.17, 15) is 4.79 Å². The van der Waals surface area contributed by atoms with Gasteiger partial charge in [0.05, 0.1) is 36.3 Å². The lowest BCUT2D eigenvalue weighted by Gasteiger charge is -2.34. The molecule has 2 atom stereocenters.